The van der Waals surface area contributed by atoms with Gasteiger partial charge < -0.3 is 16.8 Å². The van der Waals surface area contributed by atoms with Gasteiger partial charge in [-0.15, -0.1) is 0 Å². The van der Waals surface area contributed by atoms with Crippen LogP contribution in [0.25, 0.3) is 0 Å². The van der Waals surface area contributed by atoms with Crippen LogP contribution in [-0.4, -0.2) is 5.91 Å². The molecule has 0 saturated heterocycles. The molecule has 4 nitrogen and oxygen atoms in total. The van der Waals surface area contributed by atoms with Gasteiger partial charge in [-0.2, -0.15) is 0 Å². The maximum Gasteiger partial charge on any atom is 0.251 e. The van der Waals surface area contributed by atoms with Crippen LogP contribution in [0.5, 0.6) is 0 Å². The number of rotatable bonds is 3. The van der Waals surface area contributed by atoms with E-state index in [9.17, 15) is 4.79 Å². The normalized spacial score (nSPS) is 10.2. The van der Waals surface area contributed by atoms with Crippen LogP contribution in [-0.2, 0) is 6.54 Å². The van der Waals surface area contributed by atoms with Crippen LogP contribution in [0.3, 0.4) is 0 Å². The Kier molecular flexibility index (Phi) is 3.92. The molecule has 2 aromatic rings. The maximum absolute atomic E-state index is 11.9. The maximum atomic E-state index is 11.9. The Morgan fingerprint density at radius 1 is 1.05 bits per heavy atom. The van der Waals surface area contributed by atoms with E-state index in [0.717, 1.165) is 5.56 Å². The number of benzene rings is 2. The third-order valence-electron chi connectivity index (χ3n) is 2.61. The van der Waals surface area contributed by atoms with Gasteiger partial charge in [0.25, 0.3) is 5.91 Å². The average molecular weight is 276 g/mol. The number of carbonyl (C=O) groups excluding carboxylic acids is 1. The van der Waals surface area contributed by atoms with Crippen molar-refractivity contribution in [2.45, 2.75) is 6.54 Å². The van der Waals surface area contributed by atoms with Crippen molar-refractivity contribution in [2.75, 3.05) is 11.5 Å². The number of anilines is 2. The molecular formula is C14H14ClN3O. The lowest BCUT2D eigenvalue weighted by molar-refractivity contribution is 0.0951. The summed E-state index contributed by atoms with van der Waals surface area (Å²) in [5, 5.41) is 3.46. The first-order chi connectivity index (χ1) is 9.04. The summed E-state index contributed by atoms with van der Waals surface area (Å²) < 4.78 is 0. The van der Waals surface area contributed by atoms with Crippen LogP contribution in [0.4, 0.5) is 11.4 Å². The molecule has 0 radical (unpaired) electrons. The summed E-state index contributed by atoms with van der Waals surface area (Å²) in [4.78, 5) is 11.9. The lowest BCUT2D eigenvalue weighted by atomic mass is 10.1. The van der Waals surface area contributed by atoms with Gasteiger partial charge in [0.15, 0.2) is 0 Å². The molecule has 0 aromatic heterocycles. The van der Waals surface area contributed by atoms with Gasteiger partial charge in [-0.1, -0.05) is 23.7 Å². The second-order valence-electron chi connectivity index (χ2n) is 4.20. The van der Waals surface area contributed by atoms with Crippen molar-refractivity contribution in [3.05, 3.63) is 58.6 Å². The third kappa shape index (κ3) is 3.63. The molecule has 0 spiro atoms. The molecule has 98 valence electrons. The number of halogens is 1. The van der Waals surface area contributed by atoms with Crippen LogP contribution in [0.1, 0.15) is 15.9 Å². The van der Waals surface area contributed by atoms with E-state index in [2.05, 4.69) is 5.32 Å². The smallest absolute Gasteiger partial charge is 0.251 e. The van der Waals surface area contributed by atoms with Crippen LogP contribution >= 0.6 is 11.6 Å². The molecule has 0 aliphatic heterocycles. The van der Waals surface area contributed by atoms with E-state index in [0.29, 0.717) is 28.5 Å². The third-order valence-corrected chi connectivity index (χ3v) is 2.86. The summed E-state index contributed by atoms with van der Waals surface area (Å²) in [5.74, 6) is -0.214. The van der Waals surface area contributed by atoms with Gasteiger partial charge >= 0.3 is 0 Å². The quantitative estimate of drug-likeness (QED) is 0.753. The zero-order valence-electron chi connectivity index (χ0n) is 10.2. The average Bonchev–Trinajstić information content (AvgIpc) is 2.36. The van der Waals surface area contributed by atoms with Crippen molar-refractivity contribution in [2.24, 2.45) is 0 Å². The molecule has 5 N–H and O–H groups in total. The predicted octanol–water partition coefficient (Wildman–Crippen LogP) is 2.43. The number of nitrogen functional groups attached to an aromatic ring is 2. The Bertz CT molecular complexity index is 576. The SMILES string of the molecule is Nc1cc(N)cc(C(=O)NCc2ccc(Cl)cc2)c1. The summed E-state index contributed by atoms with van der Waals surface area (Å²) in [6.07, 6.45) is 0. The lowest BCUT2D eigenvalue weighted by Gasteiger charge is -2.07. The molecule has 0 aliphatic carbocycles. The van der Waals surface area contributed by atoms with Gasteiger partial charge in [-0.3, -0.25) is 4.79 Å². The van der Waals surface area contributed by atoms with E-state index in [1.165, 1.54) is 0 Å². The Morgan fingerprint density at radius 3 is 2.21 bits per heavy atom. The van der Waals surface area contributed by atoms with E-state index in [1.54, 1.807) is 30.3 Å². The first-order valence-electron chi connectivity index (χ1n) is 5.73. The van der Waals surface area contributed by atoms with E-state index in [1.807, 2.05) is 12.1 Å². The van der Waals surface area contributed by atoms with Gasteiger partial charge in [0.05, 0.1) is 0 Å². The molecule has 0 unspecified atom stereocenters. The van der Waals surface area contributed by atoms with Crippen molar-refractivity contribution >= 4 is 28.9 Å². The van der Waals surface area contributed by atoms with Gasteiger partial charge in [-0.05, 0) is 35.9 Å². The highest BCUT2D eigenvalue weighted by Crippen LogP contribution is 2.14. The monoisotopic (exact) mass is 275 g/mol. The number of carbonyl (C=O) groups is 1. The molecule has 0 aliphatic rings. The summed E-state index contributed by atoms with van der Waals surface area (Å²) >= 11 is 5.79. The first-order valence-corrected chi connectivity index (χ1v) is 6.11. The largest absolute Gasteiger partial charge is 0.399 e. The highest BCUT2D eigenvalue weighted by molar-refractivity contribution is 6.30. The fourth-order valence-corrected chi connectivity index (χ4v) is 1.82. The van der Waals surface area contributed by atoms with Crippen molar-refractivity contribution in [3.63, 3.8) is 0 Å². The number of nitrogens with two attached hydrogens (primary N) is 2. The molecule has 0 bridgehead atoms. The molecule has 2 aromatic carbocycles. The van der Waals surface area contributed by atoms with Crippen molar-refractivity contribution < 1.29 is 4.79 Å². The summed E-state index contributed by atoms with van der Waals surface area (Å²) in [7, 11) is 0. The molecule has 0 saturated carbocycles. The Balaban J connectivity index is 2.03. The molecule has 19 heavy (non-hydrogen) atoms. The summed E-state index contributed by atoms with van der Waals surface area (Å²) in [6, 6.07) is 12.1. The minimum atomic E-state index is -0.214. The van der Waals surface area contributed by atoms with E-state index in [4.69, 9.17) is 23.1 Å². The second-order valence-corrected chi connectivity index (χ2v) is 4.63. The molecule has 0 fully saturated rings. The summed E-state index contributed by atoms with van der Waals surface area (Å²) in [5.41, 5.74) is 13.6. The fraction of sp³-hybridized carbons (Fsp3) is 0.0714. The minimum absolute atomic E-state index is 0.214. The van der Waals surface area contributed by atoms with Gasteiger partial charge in [0.1, 0.15) is 0 Å². The Morgan fingerprint density at radius 2 is 1.63 bits per heavy atom. The number of hydrogen-bond acceptors (Lipinski definition) is 3. The fourth-order valence-electron chi connectivity index (χ4n) is 1.69. The van der Waals surface area contributed by atoms with Crippen LogP contribution in [0, 0.1) is 0 Å². The zero-order valence-corrected chi connectivity index (χ0v) is 10.9. The molecule has 0 heterocycles. The second kappa shape index (κ2) is 5.63. The van der Waals surface area contributed by atoms with Gasteiger partial charge in [0.2, 0.25) is 0 Å². The van der Waals surface area contributed by atoms with Gasteiger partial charge in [0, 0.05) is 28.5 Å². The Labute approximate surface area is 116 Å². The van der Waals surface area contributed by atoms with Crippen LogP contribution in [0.2, 0.25) is 5.02 Å². The number of hydrogen-bond donors (Lipinski definition) is 3. The topological polar surface area (TPSA) is 81.1 Å². The molecule has 2 rings (SSSR count). The van der Waals surface area contributed by atoms with Crippen molar-refractivity contribution in [1.29, 1.82) is 0 Å². The van der Waals surface area contributed by atoms with E-state index in [-0.39, 0.29) is 5.91 Å². The van der Waals surface area contributed by atoms with E-state index < -0.39 is 0 Å². The standard InChI is InChI=1S/C14H14ClN3O/c15-11-3-1-9(2-4-11)8-18-14(19)10-5-12(16)7-13(17)6-10/h1-7H,8,16-17H2,(H,18,19). The molecular weight excluding hydrogens is 262 g/mol. The van der Waals surface area contributed by atoms with Crippen LogP contribution in [0.15, 0.2) is 42.5 Å². The Hall–Kier alpha value is -2.20. The summed E-state index contributed by atoms with van der Waals surface area (Å²) in [6.45, 7) is 0.421. The molecule has 1 amide bonds. The highest BCUT2D eigenvalue weighted by atomic mass is 35.5. The highest BCUT2D eigenvalue weighted by Gasteiger charge is 2.06. The zero-order chi connectivity index (χ0) is 13.8. The van der Waals surface area contributed by atoms with Crippen molar-refractivity contribution in [1.82, 2.24) is 5.32 Å². The van der Waals surface area contributed by atoms with E-state index >= 15 is 0 Å². The molecule has 5 heteroatoms. The minimum Gasteiger partial charge on any atom is -0.399 e. The van der Waals surface area contributed by atoms with Crippen LogP contribution < -0.4 is 16.8 Å². The first kappa shape index (κ1) is 13.2. The van der Waals surface area contributed by atoms with Gasteiger partial charge in [-0.25, -0.2) is 0 Å². The number of nitrogens with one attached hydrogen (secondary N) is 1. The number of amides is 1. The predicted molar refractivity (Wildman–Crippen MR) is 77.9 cm³/mol. The molecule has 0 atom stereocenters. The van der Waals surface area contributed by atoms with Crippen molar-refractivity contribution in [3.8, 4) is 0 Å². The lowest BCUT2D eigenvalue weighted by Crippen LogP contribution is -2.23.